The molecule has 0 saturated carbocycles. The number of likely N-dealkylation sites (N-methyl/N-ethyl adjacent to an activating group) is 1. The number of piperazine rings is 1. The molecule has 3 rings (SSSR count). The highest BCUT2D eigenvalue weighted by molar-refractivity contribution is 7.89. The van der Waals surface area contributed by atoms with Gasteiger partial charge in [-0.3, -0.25) is 4.79 Å². The number of benzene rings is 1. The van der Waals surface area contributed by atoms with E-state index >= 15 is 0 Å². The molecule has 1 aliphatic heterocycles. The van der Waals surface area contributed by atoms with Crippen LogP contribution in [0, 0.1) is 6.92 Å². The van der Waals surface area contributed by atoms with Gasteiger partial charge in [0.1, 0.15) is 0 Å². The number of aryl methyl sites for hydroxylation is 2. The van der Waals surface area contributed by atoms with Gasteiger partial charge >= 0.3 is 0 Å². The zero-order chi connectivity index (χ0) is 19.6. The molecule has 1 aromatic carbocycles. The van der Waals surface area contributed by atoms with Gasteiger partial charge in [0.05, 0.1) is 9.77 Å². The summed E-state index contributed by atoms with van der Waals surface area (Å²) in [5.41, 5.74) is 1.71. The summed E-state index contributed by atoms with van der Waals surface area (Å²) in [5.74, 6) is -0.169. The van der Waals surface area contributed by atoms with Gasteiger partial charge in [-0.15, -0.1) is 11.3 Å². The van der Waals surface area contributed by atoms with E-state index in [0.29, 0.717) is 23.7 Å². The first-order chi connectivity index (χ1) is 12.8. The average molecular weight is 408 g/mol. The Labute approximate surface area is 164 Å². The summed E-state index contributed by atoms with van der Waals surface area (Å²) in [6.45, 7) is 6.52. The Balaban J connectivity index is 1.70. The Morgan fingerprint density at radius 1 is 1.15 bits per heavy atom. The van der Waals surface area contributed by atoms with Crippen LogP contribution in [0.25, 0.3) is 0 Å². The molecule has 0 radical (unpaired) electrons. The van der Waals surface area contributed by atoms with Crippen molar-refractivity contribution in [2.75, 3.05) is 38.5 Å². The van der Waals surface area contributed by atoms with Crippen molar-refractivity contribution in [1.82, 2.24) is 9.21 Å². The number of rotatable bonds is 5. The topological polar surface area (TPSA) is 69.7 Å². The summed E-state index contributed by atoms with van der Waals surface area (Å²) in [4.78, 5) is 16.7. The van der Waals surface area contributed by atoms with Gasteiger partial charge in [0.2, 0.25) is 10.0 Å². The molecule has 0 atom stereocenters. The summed E-state index contributed by atoms with van der Waals surface area (Å²) in [6.07, 6.45) is 0.905. The number of thiophene rings is 1. The van der Waals surface area contributed by atoms with Crippen molar-refractivity contribution in [3.05, 3.63) is 45.6 Å². The quantitative estimate of drug-likeness (QED) is 0.827. The van der Waals surface area contributed by atoms with E-state index in [1.165, 1.54) is 20.5 Å². The number of nitrogens with zero attached hydrogens (tertiary/aromatic N) is 2. The van der Waals surface area contributed by atoms with E-state index < -0.39 is 10.0 Å². The minimum Gasteiger partial charge on any atom is -0.321 e. The highest BCUT2D eigenvalue weighted by Gasteiger charge is 2.27. The Morgan fingerprint density at radius 2 is 1.78 bits per heavy atom. The van der Waals surface area contributed by atoms with Crippen molar-refractivity contribution in [2.45, 2.75) is 25.2 Å². The third kappa shape index (κ3) is 4.40. The average Bonchev–Trinajstić information content (AvgIpc) is 3.03. The van der Waals surface area contributed by atoms with Crippen LogP contribution in [0.4, 0.5) is 5.69 Å². The number of amides is 1. The van der Waals surface area contributed by atoms with Gasteiger partial charge < -0.3 is 10.2 Å². The molecule has 1 fully saturated rings. The first-order valence-electron chi connectivity index (χ1n) is 9.00. The first-order valence-corrected chi connectivity index (χ1v) is 11.3. The second kappa shape index (κ2) is 8.10. The molecule has 1 amide bonds. The molecule has 0 bridgehead atoms. The normalized spacial score (nSPS) is 16.4. The summed E-state index contributed by atoms with van der Waals surface area (Å²) in [6, 6.07) is 8.29. The zero-order valence-corrected chi connectivity index (χ0v) is 17.5. The fourth-order valence-electron chi connectivity index (χ4n) is 3.06. The highest BCUT2D eigenvalue weighted by atomic mass is 32.2. The van der Waals surface area contributed by atoms with E-state index in [0.717, 1.165) is 25.1 Å². The smallest absolute Gasteiger partial charge is 0.265 e. The molecule has 0 spiro atoms. The molecule has 0 unspecified atom stereocenters. The van der Waals surface area contributed by atoms with Crippen molar-refractivity contribution in [3.8, 4) is 0 Å². The molecule has 2 heterocycles. The molecule has 8 heteroatoms. The van der Waals surface area contributed by atoms with Crippen molar-refractivity contribution in [1.29, 1.82) is 0 Å². The fraction of sp³-hybridized carbons (Fsp3) is 0.421. The zero-order valence-electron chi connectivity index (χ0n) is 15.9. The van der Waals surface area contributed by atoms with Gasteiger partial charge in [-0.05, 0) is 56.3 Å². The molecule has 6 nitrogen and oxygen atoms in total. The number of anilines is 1. The van der Waals surface area contributed by atoms with Crippen molar-refractivity contribution >= 4 is 33.0 Å². The van der Waals surface area contributed by atoms with E-state index in [9.17, 15) is 13.2 Å². The number of carbonyl (C=O) groups is 1. The van der Waals surface area contributed by atoms with Crippen LogP contribution in [-0.2, 0) is 16.4 Å². The summed E-state index contributed by atoms with van der Waals surface area (Å²) < 4.78 is 27.0. The van der Waals surface area contributed by atoms with Crippen LogP contribution in [0.2, 0.25) is 0 Å². The number of hydrogen-bond donors (Lipinski definition) is 1. The van der Waals surface area contributed by atoms with E-state index in [1.807, 2.05) is 20.0 Å². The number of carbonyl (C=O) groups excluding carboxylic acids is 1. The monoisotopic (exact) mass is 407 g/mol. The van der Waals surface area contributed by atoms with Crippen LogP contribution in [0.3, 0.4) is 0 Å². The number of sulfonamides is 1. The standard InChI is InChI=1S/C19H25N3O3S2/c1-4-17-14(2)13-18(26-17)19(23)20-15-5-7-16(8-6-15)27(24,25)22-11-9-21(3)10-12-22/h5-8,13H,4,9-12H2,1-3H3,(H,20,23). The van der Waals surface area contributed by atoms with Gasteiger partial charge in [0.15, 0.2) is 0 Å². The minimum atomic E-state index is -3.49. The summed E-state index contributed by atoms with van der Waals surface area (Å²) in [5, 5.41) is 2.84. The maximum Gasteiger partial charge on any atom is 0.265 e. The van der Waals surface area contributed by atoms with E-state index in [4.69, 9.17) is 0 Å². The van der Waals surface area contributed by atoms with Crippen molar-refractivity contribution in [2.24, 2.45) is 0 Å². The van der Waals surface area contributed by atoms with Gasteiger partial charge in [-0.1, -0.05) is 6.92 Å². The van der Waals surface area contributed by atoms with Crippen LogP contribution in [0.1, 0.15) is 27.0 Å². The maximum absolute atomic E-state index is 12.7. The van der Waals surface area contributed by atoms with Crippen LogP contribution < -0.4 is 5.32 Å². The lowest BCUT2D eigenvalue weighted by Gasteiger charge is -2.31. The molecule has 1 aliphatic rings. The second-order valence-electron chi connectivity index (χ2n) is 6.76. The van der Waals surface area contributed by atoms with E-state index in [1.54, 1.807) is 24.3 Å². The predicted octanol–water partition coefficient (Wildman–Crippen LogP) is 2.81. The number of hydrogen-bond acceptors (Lipinski definition) is 5. The largest absolute Gasteiger partial charge is 0.321 e. The molecule has 1 aromatic heterocycles. The third-order valence-electron chi connectivity index (χ3n) is 4.78. The lowest BCUT2D eigenvalue weighted by molar-refractivity contribution is 0.103. The summed E-state index contributed by atoms with van der Waals surface area (Å²) >= 11 is 1.49. The molecular weight excluding hydrogens is 382 g/mol. The molecule has 1 N–H and O–H groups in total. The van der Waals surface area contributed by atoms with Gasteiger partial charge in [0.25, 0.3) is 5.91 Å². The lowest BCUT2D eigenvalue weighted by atomic mass is 10.2. The molecular formula is C19H25N3O3S2. The second-order valence-corrected chi connectivity index (χ2v) is 9.83. The maximum atomic E-state index is 12.7. The Hall–Kier alpha value is -1.74. The van der Waals surface area contributed by atoms with Crippen LogP contribution in [-0.4, -0.2) is 56.8 Å². The Morgan fingerprint density at radius 3 is 2.33 bits per heavy atom. The Kier molecular flexibility index (Phi) is 6.00. The molecule has 1 saturated heterocycles. The Bertz CT molecular complexity index is 912. The van der Waals surface area contributed by atoms with Gasteiger partial charge in [-0.2, -0.15) is 4.31 Å². The van der Waals surface area contributed by atoms with Gasteiger partial charge in [-0.25, -0.2) is 8.42 Å². The minimum absolute atomic E-state index is 0.169. The number of nitrogens with one attached hydrogen (secondary N) is 1. The van der Waals surface area contributed by atoms with E-state index in [2.05, 4.69) is 17.1 Å². The van der Waals surface area contributed by atoms with Crippen LogP contribution >= 0.6 is 11.3 Å². The molecule has 146 valence electrons. The predicted molar refractivity (Wildman–Crippen MR) is 109 cm³/mol. The van der Waals surface area contributed by atoms with Crippen LogP contribution in [0.5, 0.6) is 0 Å². The molecule has 27 heavy (non-hydrogen) atoms. The molecule has 0 aliphatic carbocycles. The third-order valence-corrected chi connectivity index (χ3v) is 8.07. The lowest BCUT2D eigenvalue weighted by Crippen LogP contribution is -2.46. The first kappa shape index (κ1) is 20.0. The van der Waals surface area contributed by atoms with Crippen molar-refractivity contribution in [3.63, 3.8) is 0 Å². The fourth-order valence-corrected chi connectivity index (χ4v) is 5.49. The highest BCUT2D eigenvalue weighted by Crippen LogP contribution is 2.24. The van der Waals surface area contributed by atoms with Crippen molar-refractivity contribution < 1.29 is 13.2 Å². The molecule has 2 aromatic rings. The van der Waals surface area contributed by atoms with E-state index in [-0.39, 0.29) is 10.8 Å². The summed E-state index contributed by atoms with van der Waals surface area (Å²) in [7, 11) is -1.51. The van der Waals surface area contributed by atoms with Gasteiger partial charge in [0, 0.05) is 36.7 Å². The SMILES string of the molecule is CCc1sc(C(=O)Nc2ccc(S(=O)(=O)N3CCN(C)CC3)cc2)cc1C. The van der Waals surface area contributed by atoms with Crippen LogP contribution in [0.15, 0.2) is 35.2 Å².